The van der Waals surface area contributed by atoms with Crippen LogP contribution in [0.4, 0.5) is 0 Å². The Bertz CT molecular complexity index is 922. The smallest absolute Gasteiger partial charge is 0.204 e. The Hall–Kier alpha value is -3.02. The lowest BCUT2D eigenvalue weighted by Gasteiger charge is -1.97. The molecule has 0 bridgehead atoms. The third-order valence-electron chi connectivity index (χ3n) is 3.85. The molecule has 0 N–H and O–H groups in total. The number of nitrogens with zero attached hydrogens (tertiary/aromatic N) is 5. The van der Waals surface area contributed by atoms with Crippen molar-refractivity contribution in [1.29, 1.82) is 0 Å². The van der Waals surface area contributed by atoms with Gasteiger partial charge in [0.25, 0.3) is 0 Å². The van der Waals surface area contributed by atoms with Crippen molar-refractivity contribution in [3.05, 3.63) is 60.0 Å². The molecule has 0 aliphatic rings. The second kappa shape index (κ2) is 6.23. The minimum atomic E-state index is 0.650. The number of aryl methyl sites for hydroxylation is 3. The van der Waals surface area contributed by atoms with Crippen molar-refractivity contribution in [2.24, 2.45) is 0 Å². The molecular formula is C18H17N5O. The first-order valence-electron chi connectivity index (χ1n) is 7.97. The fourth-order valence-electron chi connectivity index (χ4n) is 2.55. The molecule has 0 amide bonds. The van der Waals surface area contributed by atoms with Crippen LogP contribution < -0.4 is 0 Å². The number of para-hydroxylation sites is 2. The molecule has 120 valence electrons. The summed E-state index contributed by atoms with van der Waals surface area (Å²) in [5.74, 6) is 1.40. The summed E-state index contributed by atoms with van der Waals surface area (Å²) in [6.07, 6.45) is 1.59. The predicted octanol–water partition coefficient (Wildman–Crippen LogP) is 3.42. The lowest BCUT2D eigenvalue weighted by Crippen LogP contribution is -2.04. The molecule has 2 aromatic heterocycles. The number of aromatic nitrogens is 5. The Morgan fingerprint density at radius 1 is 1.04 bits per heavy atom. The second-order valence-corrected chi connectivity index (χ2v) is 5.75. The van der Waals surface area contributed by atoms with E-state index in [1.54, 1.807) is 4.80 Å². The maximum Gasteiger partial charge on any atom is 0.204 e. The Kier molecular flexibility index (Phi) is 3.78. The Labute approximate surface area is 139 Å². The van der Waals surface area contributed by atoms with Gasteiger partial charge in [-0.25, -0.2) is 4.98 Å². The normalized spacial score (nSPS) is 11.2. The highest BCUT2D eigenvalue weighted by Crippen LogP contribution is 2.16. The maximum atomic E-state index is 5.71. The van der Waals surface area contributed by atoms with Crippen molar-refractivity contribution in [3.63, 3.8) is 0 Å². The maximum absolute atomic E-state index is 5.71. The van der Waals surface area contributed by atoms with E-state index in [0.717, 1.165) is 35.4 Å². The van der Waals surface area contributed by atoms with Crippen molar-refractivity contribution in [2.45, 2.75) is 26.3 Å². The lowest BCUT2D eigenvalue weighted by molar-refractivity contribution is 0.463. The first-order valence-corrected chi connectivity index (χ1v) is 7.97. The average Bonchev–Trinajstić information content (AvgIpc) is 3.22. The molecular weight excluding hydrogens is 302 g/mol. The predicted molar refractivity (Wildman–Crippen MR) is 90.3 cm³/mol. The van der Waals surface area contributed by atoms with Gasteiger partial charge in [0.1, 0.15) is 5.52 Å². The molecule has 0 atom stereocenters. The van der Waals surface area contributed by atoms with Crippen LogP contribution in [-0.4, -0.2) is 25.2 Å². The first-order chi connectivity index (χ1) is 11.8. The van der Waals surface area contributed by atoms with E-state index in [4.69, 9.17) is 4.42 Å². The van der Waals surface area contributed by atoms with E-state index >= 15 is 0 Å². The van der Waals surface area contributed by atoms with Gasteiger partial charge in [-0.3, -0.25) is 0 Å². The Morgan fingerprint density at radius 2 is 1.88 bits per heavy atom. The van der Waals surface area contributed by atoms with Crippen LogP contribution in [0, 0.1) is 6.92 Å². The van der Waals surface area contributed by atoms with E-state index in [1.165, 1.54) is 5.56 Å². The number of tetrazole rings is 1. The summed E-state index contributed by atoms with van der Waals surface area (Å²) in [6, 6.07) is 15.9. The number of oxazole rings is 1. The largest absolute Gasteiger partial charge is 0.441 e. The van der Waals surface area contributed by atoms with Crippen LogP contribution >= 0.6 is 0 Å². The number of fused-ring (bicyclic) bond motifs is 1. The van der Waals surface area contributed by atoms with Crippen molar-refractivity contribution in [2.75, 3.05) is 0 Å². The van der Waals surface area contributed by atoms with E-state index in [9.17, 15) is 0 Å². The molecule has 0 unspecified atom stereocenters. The van der Waals surface area contributed by atoms with E-state index in [2.05, 4.69) is 27.3 Å². The molecule has 6 heteroatoms. The van der Waals surface area contributed by atoms with Gasteiger partial charge in [0.2, 0.25) is 5.82 Å². The van der Waals surface area contributed by atoms with Gasteiger partial charge in [-0.15, -0.1) is 10.2 Å². The summed E-state index contributed by atoms with van der Waals surface area (Å²) in [5.41, 5.74) is 3.91. The average molecular weight is 319 g/mol. The van der Waals surface area contributed by atoms with Crippen LogP contribution in [0.2, 0.25) is 0 Å². The molecule has 2 heterocycles. The molecule has 0 spiro atoms. The summed E-state index contributed by atoms with van der Waals surface area (Å²) < 4.78 is 5.71. The van der Waals surface area contributed by atoms with E-state index < -0.39 is 0 Å². The highest BCUT2D eigenvalue weighted by atomic mass is 16.3. The number of rotatable bonds is 5. The van der Waals surface area contributed by atoms with E-state index in [0.29, 0.717) is 12.4 Å². The number of hydrogen-bond acceptors (Lipinski definition) is 5. The van der Waals surface area contributed by atoms with Crippen LogP contribution in [0.3, 0.4) is 0 Å². The molecule has 0 radical (unpaired) electrons. The van der Waals surface area contributed by atoms with Crippen LogP contribution in [0.25, 0.3) is 22.5 Å². The third-order valence-corrected chi connectivity index (χ3v) is 3.85. The van der Waals surface area contributed by atoms with Gasteiger partial charge in [0.05, 0.1) is 6.54 Å². The highest BCUT2D eigenvalue weighted by molar-refractivity contribution is 5.72. The fourth-order valence-corrected chi connectivity index (χ4v) is 2.55. The van der Waals surface area contributed by atoms with E-state index in [1.807, 2.05) is 48.5 Å². The van der Waals surface area contributed by atoms with Crippen molar-refractivity contribution < 1.29 is 4.42 Å². The standard InChI is InChI=1S/C18H17N5O/c1-13-8-10-14(11-9-13)18-20-22-23(21-18)12-4-7-17-19-15-5-2-3-6-16(15)24-17/h2-3,5-6,8-11H,4,7,12H2,1H3. The van der Waals surface area contributed by atoms with Crippen LogP contribution in [0.15, 0.2) is 52.9 Å². The van der Waals surface area contributed by atoms with Gasteiger partial charge in [0.15, 0.2) is 11.5 Å². The minimum absolute atomic E-state index is 0.650. The molecule has 2 aromatic carbocycles. The van der Waals surface area contributed by atoms with Crippen LogP contribution in [0.1, 0.15) is 17.9 Å². The summed E-state index contributed by atoms with van der Waals surface area (Å²) in [6.45, 7) is 2.73. The zero-order chi connectivity index (χ0) is 16.4. The summed E-state index contributed by atoms with van der Waals surface area (Å²) in [7, 11) is 0. The first kappa shape index (κ1) is 14.6. The third kappa shape index (κ3) is 3.03. The van der Waals surface area contributed by atoms with Crippen molar-refractivity contribution in [1.82, 2.24) is 25.2 Å². The zero-order valence-electron chi connectivity index (χ0n) is 13.4. The molecule has 0 saturated carbocycles. The lowest BCUT2D eigenvalue weighted by atomic mass is 10.1. The van der Waals surface area contributed by atoms with Crippen molar-refractivity contribution in [3.8, 4) is 11.4 Å². The fraction of sp³-hybridized carbons (Fsp3) is 0.222. The summed E-state index contributed by atoms with van der Waals surface area (Å²) in [5, 5.41) is 12.7. The van der Waals surface area contributed by atoms with Gasteiger partial charge in [-0.2, -0.15) is 4.80 Å². The van der Waals surface area contributed by atoms with Crippen molar-refractivity contribution >= 4 is 11.1 Å². The molecule has 0 aliphatic carbocycles. The minimum Gasteiger partial charge on any atom is -0.441 e. The van der Waals surface area contributed by atoms with Gasteiger partial charge < -0.3 is 4.42 Å². The Morgan fingerprint density at radius 3 is 2.71 bits per heavy atom. The quantitative estimate of drug-likeness (QED) is 0.564. The molecule has 0 saturated heterocycles. The monoisotopic (exact) mass is 319 g/mol. The molecule has 4 rings (SSSR count). The molecule has 24 heavy (non-hydrogen) atoms. The summed E-state index contributed by atoms with van der Waals surface area (Å²) in [4.78, 5) is 6.10. The van der Waals surface area contributed by atoms with Gasteiger partial charge in [0, 0.05) is 12.0 Å². The number of benzene rings is 2. The van der Waals surface area contributed by atoms with Crippen LogP contribution in [0.5, 0.6) is 0 Å². The summed E-state index contributed by atoms with van der Waals surface area (Å²) >= 11 is 0. The molecule has 6 nitrogen and oxygen atoms in total. The second-order valence-electron chi connectivity index (χ2n) is 5.75. The van der Waals surface area contributed by atoms with E-state index in [-0.39, 0.29) is 0 Å². The van der Waals surface area contributed by atoms with Crippen LogP contribution in [-0.2, 0) is 13.0 Å². The highest BCUT2D eigenvalue weighted by Gasteiger charge is 2.07. The number of hydrogen-bond donors (Lipinski definition) is 0. The van der Waals surface area contributed by atoms with Gasteiger partial charge in [-0.1, -0.05) is 42.0 Å². The topological polar surface area (TPSA) is 69.6 Å². The Balaban J connectivity index is 1.38. The SMILES string of the molecule is Cc1ccc(-c2nnn(CCCc3nc4ccccc4o3)n2)cc1. The molecule has 0 aliphatic heterocycles. The molecule has 0 fully saturated rings. The molecule has 4 aromatic rings. The van der Waals surface area contributed by atoms with Gasteiger partial charge in [-0.05, 0) is 30.7 Å². The zero-order valence-corrected chi connectivity index (χ0v) is 13.4. The van der Waals surface area contributed by atoms with Gasteiger partial charge >= 0.3 is 0 Å².